The summed E-state index contributed by atoms with van der Waals surface area (Å²) in [5, 5.41) is 3.64. The van der Waals surface area contributed by atoms with Crippen molar-refractivity contribution in [1.29, 1.82) is 0 Å². The molecule has 0 amide bonds. The van der Waals surface area contributed by atoms with E-state index in [9.17, 15) is 30.4 Å². The van der Waals surface area contributed by atoms with Crippen molar-refractivity contribution < 1.29 is 30.4 Å². The van der Waals surface area contributed by atoms with Crippen LogP contribution in [0.5, 0.6) is 0 Å². The first-order valence-corrected chi connectivity index (χ1v) is 10.2. The smallest absolute Gasteiger partial charge is 0.261 e. The molecule has 27 heavy (non-hydrogen) atoms. The summed E-state index contributed by atoms with van der Waals surface area (Å²) in [5.74, 6) is -2.70. The summed E-state index contributed by atoms with van der Waals surface area (Å²) in [5.41, 5.74) is -1.44. The van der Waals surface area contributed by atoms with Crippen molar-refractivity contribution >= 4 is 9.84 Å². The lowest BCUT2D eigenvalue weighted by atomic mass is 9.95. The Kier molecular flexibility index (Phi) is 5.04. The molecule has 1 aliphatic carbocycles. The molecule has 2 aromatic rings. The van der Waals surface area contributed by atoms with Crippen molar-refractivity contribution in [3.05, 3.63) is 35.5 Å². The van der Waals surface area contributed by atoms with Gasteiger partial charge in [-0.3, -0.25) is 4.68 Å². The third kappa shape index (κ3) is 3.99. The maximum Gasteiger partial charge on any atom is 0.435 e. The molecule has 1 aromatic heterocycles. The Labute approximate surface area is 152 Å². The Balaban J connectivity index is 2.17. The predicted molar refractivity (Wildman–Crippen MR) is 87.8 cm³/mol. The summed E-state index contributed by atoms with van der Waals surface area (Å²) in [6.45, 7) is 0. The fourth-order valence-electron chi connectivity index (χ4n) is 3.41. The Bertz CT molecular complexity index is 937. The van der Waals surface area contributed by atoms with E-state index in [1.165, 1.54) is 0 Å². The summed E-state index contributed by atoms with van der Waals surface area (Å²) >= 11 is 0. The van der Waals surface area contributed by atoms with Gasteiger partial charge in [0.2, 0.25) is 0 Å². The van der Waals surface area contributed by atoms with E-state index in [0.29, 0.717) is 19.1 Å². The molecule has 1 heterocycles. The van der Waals surface area contributed by atoms with Crippen molar-refractivity contribution in [2.75, 3.05) is 6.26 Å². The topological polar surface area (TPSA) is 52.0 Å². The quantitative estimate of drug-likeness (QED) is 0.689. The minimum atomic E-state index is -4.71. The highest BCUT2D eigenvalue weighted by atomic mass is 32.2. The second-order valence-electron chi connectivity index (χ2n) is 6.69. The number of rotatable bonds is 3. The summed E-state index contributed by atoms with van der Waals surface area (Å²) in [4.78, 5) is -1.11. The van der Waals surface area contributed by atoms with E-state index < -0.39 is 38.2 Å². The van der Waals surface area contributed by atoms with Crippen molar-refractivity contribution in [3.63, 3.8) is 0 Å². The Hall–Kier alpha value is -1.97. The lowest BCUT2D eigenvalue weighted by molar-refractivity contribution is -0.141. The molecule has 1 aliphatic rings. The van der Waals surface area contributed by atoms with Crippen LogP contribution in [0.3, 0.4) is 0 Å². The molecule has 148 valence electrons. The van der Waals surface area contributed by atoms with Crippen LogP contribution < -0.4 is 0 Å². The van der Waals surface area contributed by atoms with Gasteiger partial charge >= 0.3 is 6.18 Å². The van der Waals surface area contributed by atoms with Crippen molar-refractivity contribution in [3.8, 4) is 11.3 Å². The number of sulfone groups is 1. The normalized spacial score (nSPS) is 16.7. The first kappa shape index (κ1) is 19.8. The summed E-state index contributed by atoms with van der Waals surface area (Å²) < 4.78 is 92.1. The monoisotopic (exact) mass is 408 g/mol. The number of alkyl halides is 3. The number of benzene rings is 1. The lowest BCUT2D eigenvalue weighted by Crippen LogP contribution is -2.16. The highest BCUT2D eigenvalue weighted by molar-refractivity contribution is 7.90. The Morgan fingerprint density at radius 2 is 1.59 bits per heavy atom. The second kappa shape index (κ2) is 6.88. The minimum Gasteiger partial charge on any atom is -0.261 e. The molecule has 0 atom stereocenters. The van der Waals surface area contributed by atoms with E-state index in [1.807, 2.05) is 0 Å². The van der Waals surface area contributed by atoms with Crippen LogP contribution >= 0.6 is 0 Å². The van der Waals surface area contributed by atoms with Crippen LogP contribution in [0.15, 0.2) is 23.1 Å². The van der Waals surface area contributed by atoms with Crippen LogP contribution in [0, 0.1) is 11.6 Å². The summed E-state index contributed by atoms with van der Waals surface area (Å²) in [6.07, 6.45) is -0.231. The standard InChI is InChI=1S/C17H17F5N2O2S/c1-27(25,26)16-12(18)7-10(8-13(16)19)14-9-15(17(20,21)22)23-24(14)11-5-3-2-4-6-11/h7-9,11H,2-6H2,1H3. The molecule has 1 saturated carbocycles. The molecule has 1 aromatic carbocycles. The average Bonchev–Trinajstić information content (AvgIpc) is 2.99. The average molecular weight is 408 g/mol. The van der Waals surface area contributed by atoms with E-state index in [0.717, 1.165) is 42.1 Å². The van der Waals surface area contributed by atoms with Crippen LogP contribution in [0.1, 0.15) is 43.8 Å². The summed E-state index contributed by atoms with van der Waals surface area (Å²) in [6, 6.07) is 1.89. The molecule has 0 saturated heterocycles. The fraction of sp³-hybridized carbons (Fsp3) is 0.471. The van der Waals surface area contributed by atoms with Gasteiger partial charge in [-0.25, -0.2) is 17.2 Å². The predicted octanol–water partition coefficient (Wildman–Crippen LogP) is 4.76. The molecule has 0 radical (unpaired) electrons. The zero-order chi connectivity index (χ0) is 20.0. The van der Waals surface area contributed by atoms with Crippen LogP contribution in [0.2, 0.25) is 0 Å². The number of aromatic nitrogens is 2. The third-order valence-corrected chi connectivity index (χ3v) is 5.74. The highest BCUT2D eigenvalue weighted by Gasteiger charge is 2.36. The van der Waals surface area contributed by atoms with Gasteiger partial charge < -0.3 is 0 Å². The van der Waals surface area contributed by atoms with E-state index in [1.54, 1.807) is 0 Å². The lowest BCUT2D eigenvalue weighted by Gasteiger charge is -2.24. The van der Waals surface area contributed by atoms with E-state index in [2.05, 4.69) is 5.10 Å². The molecule has 4 nitrogen and oxygen atoms in total. The molecule has 10 heteroatoms. The van der Waals surface area contributed by atoms with Crippen LogP contribution in [-0.2, 0) is 16.0 Å². The first-order chi connectivity index (χ1) is 12.5. The largest absolute Gasteiger partial charge is 0.435 e. The number of halogens is 5. The molecule has 0 spiro atoms. The van der Waals surface area contributed by atoms with Gasteiger partial charge in [0, 0.05) is 11.8 Å². The summed E-state index contributed by atoms with van der Waals surface area (Å²) in [7, 11) is -4.16. The number of nitrogens with zero attached hydrogens (tertiary/aromatic N) is 2. The van der Waals surface area contributed by atoms with Crippen LogP contribution in [0.4, 0.5) is 22.0 Å². The molecule has 0 unspecified atom stereocenters. The zero-order valence-electron chi connectivity index (χ0n) is 14.4. The van der Waals surface area contributed by atoms with E-state index in [4.69, 9.17) is 0 Å². The molecule has 0 N–H and O–H groups in total. The van der Waals surface area contributed by atoms with E-state index >= 15 is 0 Å². The SMILES string of the molecule is CS(=O)(=O)c1c(F)cc(-c2cc(C(F)(F)F)nn2C2CCCCC2)cc1F. The molecule has 0 bridgehead atoms. The maximum absolute atomic E-state index is 14.2. The maximum atomic E-state index is 14.2. The van der Waals surface area contributed by atoms with Crippen LogP contribution in [0.25, 0.3) is 11.3 Å². The number of hydrogen-bond donors (Lipinski definition) is 0. The second-order valence-corrected chi connectivity index (χ2v) is 8.64. The van der Waals surface area contributed by atoms with Crippen LogP contribution in [-0.4, -0.2) is 24.5 Å². The van der Waals surface area contributed by atoms with Gasteiger partial charge in [-0.2, -0.15) is 18.3 Å². The zero-order valence-corrected chi connectivity index (χ0v) is 15.2. The molecule has 3 rings (SSSR count). The fourth-order valence-corrected chi connectivity index (χ4v) is 4.24. The van der Waals surface area contributed by atoms with Gasteiger partial charge in [-0.1, -0.05) is 19.3 Å². The third-order valence-electron chi connectivity index (χ3n) is 4.61. The first-order valence-electron chi connectivity index (χ1n) is 8.34. The Morgan fingerprint density at radius 3 is 2.07 bits per heavy atom. The molecular weight excluding hydrogens is 391 g/mol. The van der Waals surface area contributed by atoms with Crippen molar-refractivity contribution in [2.45, 2.75) is 49.2 Å². The molecule has 0 aliphatic heterocycles. The molecular formula is C17H17F5N2O2S. The van der Waals surface area contributed by atoms with Gasteiger partial charge in [0.05, 0.1) is 11.7 Å². The molecule has 1 fully saturated rings. The van der Waals surface area contributed by atoms with Gasteiger partial charge in [0.1, 0.15) is 16.5 Å². The van der Waals surface area contributed by atoms with Gasteiger partial charge in [-0.15, -0.1) is 0 Å². The van der Waals surface area contributed by atoms with Gasteiger partial charge in [0.25, 0.3) is 0 Å². The number of hydrogen-bond acceptors (Lipinski definition) is 3. The highest BCUT2D eigenvalue weighted by Crippen LogP contribution is 2.37. The Morgan fingerprint density at radius 1 is 1.04 bits per heavy atom. The van der Waals surface area contributed by atoms with Crippen molar-refractivity contribution in [2.24, 2.45) is 0 Å². The van der Waals surface area contributed by atoms with Crippen molar-refractivity contribution in [1.82, 2.24) is 9.78 Å². The van der Waals surface area contributed by atoms with Gasteiger partial charge in [-0.05, 0) is 31.0 Å². The van der Waals surface area contributed by atoms with Gasteiger partial charge in [0.15, 0.2) is 15.5 Å². The minimum absolute atomic E-state index is 0.0907. The van der Waals surface area contributed by atoms with E-state index in [-0.39, 0.29) is 17.3 Å².